The Morgan fingerprint density at radius 1 is 1.04 bits per heavy atom. The van der Waals surface area contributed by atoms with Crippen molar-refractivity contribution in [1.82, 2.24) is 0 Å². The van der Waals surface area contributed by atoms with Crippen molar-refractivity contribution in [2.75, 3.05) is 12.4 Å². The zero-order chi connectivity index (χ0) is 16.9. The molecule has 0 amide bonds. The highest BCUT2D eigenvalue weighted by Crippen LogP contribution is 2.22. The van der Waals surface area contributed by atoms with E-state index in [2.05, 4.69) is 38.1 Å². The molecule has 0 heterocycles. The Morgan fingerprint density at radius 3 is 2.17 bits per heavy atom. The lowest BCUT2D eigenvalue weighted by molar-refractivity contribution is 0.343. The van der Waals surface area contributed by atoms with Crippen molar-refractivity contribution >= 4 is 21.8 Å². The summed E-state index contributed by atoms with van der Waals surface area (Å²) < 4.78 is 27.9. The van der Waals surface area contributed by atoms with Crippen LogP contribution in [0.1, 0.15) is 25.3 Å². The molecular formula is C17H21NO3S2. The van der Waals surface area contributed by atoms with E-state index >= 15 is 0 Å². The minimum absolute atomic E-state index is 0.0875. The topological polar surface area (TPSA) is 69.4 Å². The van der Waals surface area contributed by atoms with Gasteiger partial charge in [-0.1, -0.05) is 26.0 Å². The quantitative estimate of drug-likeness (QED) is 0.611. The number of sulfonamides is 1. The molecule has 0 radical (unpaired) electrons. The van der Waals surface area contributed by atoms with Crippen molar-refractivity contribution < 1.29 is 13.2 Å². The highest BCUT2D eigenvalue weighted by molar-refractivity contribution is 7.99. The number of rotatable bonds is 7. The van der Waals surface area contributed by atoms with Crippen LogP contribution >= 0.6 is 11.8 Å². The smallest absolute Gasteiger partial charge is 0.238 e. The monoisotopic (exact) mass is 351 g/mol. The fourth-order valence-electron chi connectivity index (χ4n) is 1.99. The first kappa shape index (κ1) is 17.8. The number of benzene rings is 2. The molecule has 0 bridgehead atoms. The number of hydrogen-bond donors (Lipinski definition) is 1. The van der Waals surface area contributed by atoms with Crippen molar-refractivity contribution in [3.8, 4) is 5.75 Å². The molecule has 0 aliphatic rings. The molecule has 124 valence electrons. The van der Waals surface area contributed by atoms with Crippen molar-refractivity contribution in [3.05, 3.63) is 54.1 Å². The molecule has 0 aliphatic heterocycles. The Hall–Kier alpha value is -1.50. The maximum atomic E-state index is 11.2. The molecule has 0 aliphatic carbocycles. The molecule has 0 saturated carbocycles. The van der Waals surface area contributed by atoms with Crippen LogP contribution in [0, 0.1) is 0 Å². The summed E-state index contributed by atoms with van der Waals surface area (Å²) in [5.74, 6) is 1.99. The lowest BCUT2D eigenvalue weighted by atomic mass is 10.0. The summed E-state index contributed by atoms with van der Waals surface area (Å²) >= 11 is 1.73. The molecule has 0 atom stereocenters. The van der Waals surface area contributed by atoms with Gasteiger partial charge in [0.15, 0.2) is 0 Å². The van der Waals surface area contributed by atoms with Gasteiger partial charge in [0.25, 0.3) is 0 Å². The second-order valence-electron chi connectivity index (χ2n) is 5.44. The molecule has 2 rings (SSSR count). The third-order valence-electron chi connectivity index (χ3n) is 3.32. The van der Waals surface area contributed by atoms with Gasteiger partial charge in [0.05, 0.1) is 11.5 Å². The van der Waals surface area contributed by atoms with Gasteiger partial charge in [0, 0.05) is 10.6 Å². The van der Waals surface area contributed by atoms with E-state index in [1.807, 2.05) is 0 Å². The molecule has 2 aromatic carbocycles. The van der Waals surface area contributed by atoms with E-state index in [1.54, 1.807) is 23.9 Å². The Labute approximate surface area is 142 Å². The largest absolute Gasteiger partial charge is 0.493 e. The zero-order valence-electron chi connectivity index (χ0n) is 13.2. The second-order valence-corrected chi connectivity index (χ2v) is 8.17. The molecule has 0 saturated heterocycles. The van der Waals surface area contributed by atoms with E-state index in [9.17, 15) is 8.42 Å². The second kappa shape index (κ2) is 7.86. The summed E-state index contributed by atoms with van der Waals surface area (Å²) in [6.45, 7) is 4.90. The Kier molecular flexibility index (Phi) is 6.10. The highest BCUT2D eigenvalue weighted by atomic mass is 32.2. The Balaban J connectivity index is 1.79. The van der Waals surface area contributed by atoms with Gasteiger partial charge in [-0.25, -0.2) is 13.6 Å². The van der Waals surface area contributed by atoms with Crippen LogP contribution < -0.4 is 9.88 Å². The molecule has 0 aromatic heterocycles. The minimum Gasteiger partial charge on any atom is -0.493 e. The number of thioether (sulfide) groups is 1. The average molecular weight is 351 g/mol. The minimum atomic E-state index is -3.65. The molecule has 6 heteroatoms. The van der Waals surface area contributed by atoms with Crippen LogP contribution in [0.4, 0.5) is 0 Å². The number of ether oxygens (including phenoxy) is 1. The zero-order valence-corrected chi connectivity index (χ0v) is 14.9. The lowest BCUT2D eigenvalue weighted by Gasteiger charge is -2.08. The van der Waals surface area contributed by atoms with Crippen molar-refractivity contribution in [2.45, 2.75) is 29.6 Å². The first-order valence-electron chi connectivity index (χ1n) is 7.34. The van der Waals surface area contributed by atoms with Crippen LogP contribution in [0.3, 0.4) is 0 Å². The maximum absolute atomic E-state index is 11.2. The number of hydrogen-bond acceptors (Lipinski definition) is 4. The SMILES string of the molecule is CC(C)c1ccc(SCCOc2ccc(S(N)(=O)=O)cc2)cc1. The lowest BCUT2D eigenvalue weighted by Crippen LogP contribution is -2.11. The highest BCUT2D eigenvalue weighted by Gasteiger charge is 2.07. The fraction of sp³-hybridized carbons (Fsp3) is 0.294. The third kappa shape index (κ3) is 5.57. The summed E-state index contributed by atoms with van der Waals surface area (Å²) in [6, 6.07) is 14.7. The van der Waals surface area contributed by atoms with E-state index in [4.69, 9.17) is 9.88 Å². The van der Waals surface area contributed by atoms with Crippen molar-refractivity contribution in [2.24, 2.45) is 5.14 Å². The molecular weight excluding hydrogens is 330 g/mol. The van der Waals surface area contributed by atoms with E-state index < -0.39 is 10.0 Å². The molecule has 0 unspecified atom stereocenters. The van der Waals surface area contributed by atoms with Gasteiger partial charge in [0.1, 0.15) is 5.75 Å². The van der Waals surface area contributed by atoms with Gasteiger partial charge in [-0.3, -0.25) is 0 Å². The molecule has 2 aromatic rings. The summed E-state index contributed by atoms with van der Waals surface area (Å²) in [5, 5.41) is 5.05. The maximum Gasteiger partial charge on any atom is 0.238 e. The van der Waals surface area contributed by atoms with Gasteiger partial charge in [-0.2, -0.15) is 0 Å². The Morgan fingerprint density at radius 2 is 1.65 bits per heavy atom. The standard InChI is InChI=1S/C17H21NO3S2/c1-13(2)14-3-7-16(8-4-14)22-12-11-21-15-5-9-17(10-6-15)23(18,19)20/h3-10,13H,11-12H2,1-2H3,(H2,18,19,20). The predicted molar refractivity (Wildman–Crippen MR) is 94.6 cm³/mol. The first-order chi connectivity index (χ1) is 10.9. The Bertz CT molecular complexity index is 723. The summed E-state index contributed by atoms with van der Waals surface area (Å²) in [4.78, 5) is 1.30. The average Bonchev–Trinajstić information content (AvgIpc) is 2.51. The number of nitrogens with two attached hydrogens (primary N) is 1. The van der Waals surface area contributed by atoms with Crippen molar-refractivity contribution in [1.29, 1.82) is 0 Å². The van der Waals surface area contributed by atoms with Crippen molar-refractivity contribution in [3.63, 3.8) is 0 Å². The molecule has 4 nitrogen and oxygen atoms in total. The summed E-state index contributed by atoms with van der Waals surface area (Å²) in [5.41, 5.74) is 1.33. The third-order valence-corrected chi connectivity index (χ3v) is 5.23. The van der Waals surface area contributed by atoms with E-state index in [-0.39, 0.29) is 4.90 Å². The van der Waals surface area contributed by atoms with Gasteiger partial charge in [-0.05, 0) is 47.9 Å². The van der Waals surface area contributed by atoms with Gasteiger partial charge >= 0.3 is 0 Å². The van der Waals surface area contributed by atoms with Crippen LogP contribution in [0.5, 0.6) is 5.75 Å². The normalized spacial score (nSPS) is 11.7. The van der Waals surface area contributed by atoms with Crippen LogP contribution in [-0.4, -0.2) is 20.8 Å². The van der Waals surface area contributed by atoms with Gasteiger partial charge < -0.3 is 4.74 Å². The molecule has 0 spiro atoms. The molecule has 2 N–H and O–H groups in total. The first-order valence-corrected chi connectivity index (χ1v) is 9.88. The van der Waals surface area contributed by atoms with Crippen LogP contribution in [0.2, 0.25) is 0 Å². The molecule has 23 heavy (non-hydrogen) atoms. The number of primary sulfonamides is 1. The van der Waals surface area contributed by atoms with Gasteiger partial charge in [0.2, 0.25) is 10.0 Å². The van der Waals surface area contributed by atoms with Crippen LogP contribution in [0.15, 0.2) is 58.3 Å². The van der Waals surface area contributed by atoms with E-state index in [0.29, 0.717) is 18.3 Å². The predicted octanol–water partition coefficient (Wildman–Crippen LogP) is 3.63. The fourth-order valence-corrected chi connectivity index (χ4v) is 3.24. The van der Waals surface area contributed by atoms with E-state index in [1.165, 1.54) is 22.6 Å². The summed E-state index contributed by atoms with van der Waals surface area (Å²) in [6.07, 6.45) is 0. The molecule has 0 fully saturated rings. The van der Waals surface area contributed by atoms with Gasteiger partial charge in [-0.15, -0.1) is 11.8 Å². The van der Waals surface area contributed by atoms with Crippen LogP contribution in [0.25, 0.3) is 0 Å². The van der Waals surface area contributed by atoms with E-state index in [0.717, 1.165) is 5.75 Å². The van der Waals surface area contributed by atoms with Crippen LogP contribution in [-0.2, 0) is 10.0 Å². The summed E-state index contributed by atoms with van der Waals surface area (Å²) in [7, 11) is -3.65.